The summed E-state index contributed by atoms with van der Waals surface area (Å²) >= 11 is 0. The molecule has 2 amide bonds. The molecule has 0 aliphatic heterocycles. The van der Waals surface area contributed by atoms with Gasteiger partial charge in [0.2, 0.25) is 11.8 Å². The van der Waals surface area contributed by atoms with Crippen molar-refractivity contribution in [3.05, 3.63) is 34.4 Å². The molecule has 7 nitrogen and oxygen atoms in total. The van der Waals surface area contributed by atoms with Crippen molar-refractivity contribution in [2.45, 2.75) is 58.4 Å². The van der Waals surface area contributed by atoms with E-state index in [2.05, 4.69) is 10.6 Å². The first-order valence-electron chi connectivity index (χ1n) is 10.6. The number of anilines is 1. The number of non-ortho nitro benzene ring substituents is 1. The van der Waals surface area contributed by atoms with Crippen LogP contribution >= 0.6 is 0 Å². The Morgan fingerprint density at radius 2 is 1.69 bits per heavy atom. The van der Waals surface area contributed by atoms with Crippen LogP contribution in [0, 0.1) is 39.2 Å². The van der Waals surface area contributed by atoms with E-state index >= 15 is 0 Å². The highest BCUT2D eigenvalue weighted by Crippen LogP contribution is 2.60. The molecule has 0 heterocycles. The molecule has 1 aromatic rings. The second-order valence-electron chi connectivity index (χ2n) is 9.69. The van der Waals surface area contributed by atoms with Crippen LogP contribution in [0.15, 0.2) is 24.3 Å². The van der Waals surface area contributed by atoms with E-state index in [1.807, 2.05) is 13.8 Å². The zero-order valence-electron chi connectivity index (χ0n) is 17.0. The van der Waals surface area contributed by atoms with Crippen LogP contribution in [0.1, 0.15) is 52.4 Å². The third-order valence-corrected chi connectivity index (χ3v) is 7.08. The van der Waals surface area contributed by atoms with Crippen molar-refractivity contribution in [3.63, 3.8) is 0 Å². The molecule has 5 rings (SSSR count). The minimum absolute atomic E-state index is 0.0180. The predicted molar refractivity (Wildman–Crippen MR) is 109 cm³/mol. The van der Waals surface area contributed by atoms with E-state index in [1.54, 1.807) is 6.07 Å². The molecule has 0 aromatic heterocycles. The van der Waals surface area contributed by atoms with E-state index in [0.717, 1.165) is 19.3 Å². The van der Waals surface area contributed by atoms with Crippen LogP contribution < -0.4 is 10.6 Å². The monoisotopic (exact) mass is 399 g/mol. The van der Waals surface area contributed by atoms with Gasteiger partial charge >= 0.3 is 0 Å². The normalized spacial score (nSPS) is 30.8. The first-order chi connectivity index (χ1) is 13.8. The molecular formula is C22H29N3O4. The summed E-state index contributed by atoms with van der Waals surface area (Å²) in [5.74, 6) is 1.56. The molecule has 4 aliphatic rings. The molecule has 0 spiro atoms. The molecule has 4 aliphatic carbocycles. The van der Waals surface area contributed by atoms with Gasteiger partial charge in [-0.05, 0) is 68.3 Å². The highest BCUT2D eigenvalue weighted by Gasteiger charge is 2.55. The lowest BCUT2D eigenvalue weighted by atomic mass is 9.49. The van der Waals surface area contributed by atoms with Gasteiger partial charge in [0, 0.05) is 23.2 Å². The van der Waals surface area contributed by atoms with Crippen molar-refractivity contribution < 1.29 is 14.5 Å². The first kappa shape index (κ1) is 19.9. The van der Waals surface area contributed by atoms with Gasteiger partial charge in [0.1, 0.15) is 6.04 Å². The number of nitrogens with zero attached hydrogens (tertiary/aromatic N) is 1. The number of hydrogen-bond acceptors (Lipinski definition) is 4. The summed E-state index contributed by atoms with van der Waals surface area (Å²) in [4.78, 5) is 36.7. The average molecular weight is 399 g/mol. The number of nitro groups is 1. The Bertz CT molecular complexity index is 800. The maximum atomic E-state index is 13.3. The minimum Gasteiger partial charge on any atom is -0.344 e. The molecule has 4 saturated carbocycles. The number of nitro benzene ring substituents is 1. The van der Waals surface area contributed by atoms with Gasteiger partial charge in [-0.3, -0.25) is 19.7 Å². The fraction of sp³-hybridized carbons (Fsp3) is 0.636. The fourth-order valence-corrected chi connectivity index (χ4v) is 6.14. The van der Waals surface area contributed by atoms with Gasteiger partial charge in [0.25, 0.3) is 5.69 Å². The molecule has 156 valence electrons. The molecular weight excluding hydrogens is 370 g/mol. The van der Waals surface area contributed by atoms with E-state index in [4.69, 9.17) is 0 Å². The van der Waals surface area contributed by atoms with Crippen molar-refractivity contribution in [2.75, 3.05) is 5.32 Å². The number of amides is 2. The molecule has 1 aromatic carbocycles. The van der Waals surface area contributed by atoms with Crippen molar-refractivity contribution in [1.29, 1.82) is 0 Å². The molecule has 4 bridgehead atoms. The zero-order valence-corrected chi connectivity index (χ0v) is 17.0. The maximum absolute atomic E-state index is 13.3. The van der Waals surface area contributed by atoms with Gasteiger partial charge in [-0.15, -0.1) is 0 Å². The van der Waals surface area contributed by atoms with Crippen molar-refractivity contribution in [3.8, 4) is 0 Å². The van der Waals surface area contributed by atoms with Crippen LogP contribution in [-0.4, -0.2) is 22.8 Å². The summed E-state index contributed by atoms with van der Waals surface area (Å²) in [7, 11) is 0. The molecule has 4 fully saturated rings. The summed E-state index contributed by atoms with van der Waals surface area (Å²) in [6.45, 7) is 3.80. The number of carbonyl (C=O) groups is 2. The van der Waals surface area contributed by atoms with E-state index in [0.29, 0.717) is 23.4 Å². The van der Waals surface area contributed by atoms with Crippen molar-refractivity contribution in [1.82, 2.24) is 5.32 Å². The Hall–Kier alpha value is -2.44. The number of nitrogens with one attached hydrogen (secondary N) is 2. The Morgan fingerprint density at radius 1 is 1.10 bits per heavy atom. The summed E-state index contributed by atoms with van der Waals surface area (Å²) in [5, 5.41) is 16.8. The second-order valence-corrected chi connectivity index (χ2v) is 9.69. The third-order valence-electron chi connectivity index (χ3n) is 7.08. The summed E-state index contributed by atoms with van der Waals surface area (Å²) in [6.07, 6.45) is 6.61. The average Bonchev–Trinajstić information content (AvgIpc) is 2.64. The van der Waals surface area contributed by atoms with Gasteiger partial charge in [-0.1, -0.05) is 19.9 Å². The molecule has 2 N–H and O–H groups in total. The Labute approximate surface area is 170 Å². The standard InChI is InChI=1S/C22H29N3O4/c1-13(2)19(20(26)23-17-4-3-5-18(9-17)25(28)29)24-21(27)22-10-14-6-15(11-22)8-16(7-14)12-22/h3-5,9,13-16,19H,6-8,10-12H2,1-2H3,(H,23,26)(H,24,27)/t14?,15?,16?,19-,22?/m1/s1. The lowest BCUT2D eigenvalue weighted by Gasteiger charge is -2.55. The summed E-state index contributed by atoms with van der Waals surface area (Å²) in [6, 6.07) is 5.19. The van der Waals surface area contributed by atoms with Gasteiger partial charge in [0.15, 0.2) is 0 Å². The maximum Gasteiger partial charge on any atom is 0.271 e. The summed E-state index contributed by atoms with van der Waals surface area (Å²) in [5.41, 5.74) is -0.0337. The van der Waals surface area contributed by atoms with Gasteiger partial charge in [0.05, 0.1) is 4.92 Å². The van der Waals surface area contributed by atoms with Crippen LogP contribution in [0.4, 0.5) is 11.4 Å². The van der Waals surface area contributed by atoms with Gasteiger partial charge < -0.3 is 10.6 Å². The van der Waals surface area contributed by atoms with E-state index in [-0.39, 0.29) is 28.8 Å². The molecule has 1 atom stereocenters. The summed E-state index contributed by atoms with van der Waals surface area (Å²) < 4.78 is 0. The highest BCUT2D eigenvalue weighted by molar-refractivity contribution is 5.98. The van der Waals surface area contributed by atoms with Crippen LogP contribution in [0.3, 0.4) is 0 Å². The molecule has 29 heavy (non-hydrogen) atoms. The van der Waals surface area contributed by atoms with Crippen molar-refractivity contribution >= 4 is 23.2 Å². The lowest BCUT2D eigenvalue weighted by molar-refractivity contribution is -0.384. The number of rotatable bonds is 6. The predicted octanol–water partition coefficient (Wildman–Crippen LogP) is 3.89. The van der Waals surface area contributed by atoms with Crippen LogP contribution in [0.5, 0.6) is 0 Å². The fourth-order valence-electron chi connectivity index (χ4n) is 6.14. The van der Waals surface area contributed by atoms with E-state index in [9.17, 15) is 19.7 Å². The Balaban J connectivity index is 1.46. The first-order valence-corrected chi connectivity index (χ1v) is 10.6. The lowest BCUT2D eigenvalue weighted by Crippen LogP contribution is -2.57. The van der Waals surface area contributed by atoms with Gasteiger partial charge in [-0.2, -0.15) is 0 Å². The Kier molecular flexibility index (Phi) is 5.09. The van der Waals surface area contributed by atoms with Crippen molar-refractivity contribution in [2.24, 2.45) is 29.1 Å². The smallest absolute Gasteiger partial charge is 0.271 e. The second kappa shape index (κ2) is 7.43. The topological polar surface area (TPSA) is 101 Å². The van der Waals surface area contributed by atoms with Crippen LogP contribution in [0.25, 0.3) is 0 Å². The van der Waals surface area contributed by atoms with Crippen LogP contribution in [0.2, 0.25) is 0 Å². The highest BCUT2D eigenvalue weighted by atomic mass is 16.6. The molecule has 0 saturated heterocycles. The molecule has 0 radical (unpaired) electrons. The largest absolute Gasteiger partial charge is 0.344 e. The quantitative estimate of drug-likeness (QED) is 0.560. The van der Waals surface area contributed by atoms with E-state index < -0.39 is 11.0 Å². The molecule has 0 unspecified atom stereocenters. The van der Waals surface area contributed by atoms with E-state index in [1.165, 1.54) is 37.5 Å². The number of benzene rings is 1. The SMILES string of the molecule is CC(C)[C@@H](NC(=O)C12CC3CC(CC(C3)C1)C2)C(=O)Nc1cccc([N+](=O)[O-])c1. The Morgan fingerprint density at radius 3 is 2.21 bits per heavy atom. The third kappa shape index (κ3) is 3.87. The molecule has 7 heteroatoms. The minimum atomic E-state index is -0.672. The number of hydrogen-bond donors (Lipinski definition) is 2. The number of carbonyl (C=O) groups excluding carboxylic acids is 2. The van der Waals surface area contributed by atoms with Gasteiger partial charge in [-0.25, -0.2) is 0 Å². The van der Waals surface area contributed by atoms with Crippen LogP contribution in [-0.2, 0) is 9.59 Å². The zero-order chi connectivity index (χ0) is 20.8.